The molecule has 0 fully saturated rings. The van der Waals surface area contributed by atoms with Crippen LogP contribution in [0.1, 0.15) is 12.5 Å². The zero-order valence-electron chi connectivity index (χ0n) is 7.17. The monoisotopic (exact) mass is 182 g/mol. The Morgan fingerprint density at radius 3 is 2.42 bits per heavy atom. The first kappa shape index (κ1) is 9.14. The summed E-state index contributed by atoms with van der Waals surface area (Å²) in [6.07, 6.45) is 1.71. The quantitative estimate of drug-likeness (QED) is 0.638. The van der Waals surface area contributed by atoms with E-state index < -0.39 is 0 Å². The van der Waals surface area contributed by atoms with E-state index in [1.165, 1.54) is 0 Å². The number of benzene rings is 1. The van der Waals surface area contributed by atoms with Gasteiger partial charge in [-0.15, -0.1) is 0 Å². The predicted octanol–water partition coefficient (Wildman–Crippen LogP) is 3.35. The van der Waals surface area contributed by atoms with Crippen LogP contribution in [0.15, 0.2) is 30.5 Å². The van der Waals surface area contributed by atoms with E-state index in [4.69, 9.17) is 16.3 Å². The molecule has 64 valence electrons. The molecule has 12 heavy (non-hydrogen) atoms. The summed E-state index contributed by atoms with van der Waals surface area (Å²) in [6, 6.07) is 7.66. The van der Waals surface area contributed by atoms with Crippen LogP contribution in [0, 0.1) is 0 Å². The van der Waals surface area contributed by atoms with Crippen LogP contribution in [-0.4, -0.2) is 7.11 Å². The third-order valence-electron chi connectivity index (χ3n) is 1.59. The molecule has 0 atom stereocenters. The molecule has 0 aromatic heterocycles. The predicted molar refractivity (Wildman–Crippen MR) is 52.1 cm³/mol. The van der Waals surface area contributed by atoms with Gasteiger partial charge in [0, 0.05) is 5.02 Å². The van der Waals surface area contributed by atoms with Crippen LogP contribution in [0.25, 0.3) is 5.57 Å². The Labute approximate surface area is 77.6 Å². The summed E-state index contributed by atoms with van der Waals surface area (Å²) in [5, 5.41) is 0.754. The number of rotatable bonds is 2. The van der Waals surface area contributed by atoms with Gasteiger partial charge in [0.25, 0.3) is 0 Å². The van der Waals surface area contributed by atoms with Gasteiger partial charge in [-0.1, -0.05) is 23.7 Å². The number of halogens is 1. The first-order valence-electron chi connectivity index (χ1n) is 3.69. The van der Waals surface area contributed by atoms with Crippen LogP contribution < -0.4 is 0 Å². The normalized spacial score (nSPS) is 11.4. The van der Waals surface area contributed by atoms with E-state index in [9.17, 15) is 0 Å². The minimum Gasteiger partial charge on any atom is -0.504 e. The van der Waals surface area contributed by atoms with Gasteiger partial charge in [-0.05, 0) is 30.2 Å². The fourth-order valence-corrected chi connectivity index (χ4v) is 1.08. The Balaban J connectivity index is 2.89. The fraction of sp³-hybridized carbons (Fsp3) is 0.200. The summed E-state index contributed by atoms with van der Waals surface area (Å²) < 4.78 is 4.89. The summed E-state index contributed by atoms with van der Waals surface area (Å²) in [5.41, 5.74) is 2.22. The van der Waals surface area contributed by atoms with E-state index in [0.29, 0.717) is 0 Å². The Morgan fingerprint density at radius 1 is 1.33 bits per heavy atom. The van der Waals surface area contributed by atoms with Crippen LogP contribution in [0.2, 0.25) is 5.02 Å². The Hall–Kier alpha value is -0.950. The van der Waals surface area contributed by atoms with Gasteiger partial charge < -0.3 is 4.74 Å². The molecule has 0 radical (unpaired) electrons. The molecule has 0 N–H and O–H groups in total. The molecule has 2 heteroatoms. The third-order valence-corrected chi connectivity index (χ3v) is 1.85. The van der Waals surface area contributed by atoms with E-state index in [-0.39, 0.29) is 0 Å². The molecule has 0 aliphatic heterocycles. The maximum Gasteiger partial charge on any atom is 0.0859 e. The maximum atomic E-state index is 5.74. The zero-order valence-corrected chi connectivity index (χ0v) is 7.93. The Morgan fingerprint density at radius 2 is 1.92 bits per heavy atom. The molecule has 0 amide bonds. The molecule has 0 bridgehead atoms. The van der Waals surface area contributed by atoms with Crippen LogP contribution in [0.5, 0.6) is 0 Å². The van der Waals surface area contributed by atoms with E-state index in [0.717, 1.165) is 16.2 Å². The number of hydrogen-bond donors (Lipinski definition) is 0. The molecule has 0 unspecified atom stereocenters. The number of allylic oxidation sites excluding steroid dienone is 1. The van der Waals surface area contributed by atoms with Crippen molar-refractivity contribution >= 4 is 17.2 Å². The number of methoxy groups -OCH3 is 1. The van der Waals surface area contributed by atoms with Crippen molar-refractivity contribution in [1.82, 2.24) is 0 Å². The van der Waals surface area contributed by atoms with Crippen molar-refractivity contribution < 1.29 is 4.74 Å². The van der Waals surface area contributed by atoms with Crippen molar-refractivity contribution in [2.45, 2.75) is 6.92 Å². The Kier molecular flexibility index (Phi) is 3.18. The molecule has 0 heterocycles. The van der Waals surface area contributed by atoms with Crippen molar-refractivity contribution in [3.8, 4) is 0 Å². The lowest BCUT2D eigenvalue weighted by Gasteiger charge is -2.00. The van der Waals surface area contributed by atoms with E-state index >= 15 is 0 Å². The fourth-order valence-electron chi connectivity index (χ4n) is 0.958. The highest BCUT2D eigenvalue weighted by molar-refractivity contribution is 6.30. The highest BCUT2D eigenvalue weighted by atomic mass is 35.5. The average Bonchev–Trinajstić information content (AvgIpc) is 2.06. The van der Waals surface area contributed by atoms with Gasteiger partial charge in [0.2, 0.25) is 0 Å². The lowest BCUT2D eigenvalue weighted by molar-refractivity contribution is 0.339. The van der Waals surface area contributed by atoms with Crippen LogP contribution in [0.4, 0.5) is 0 Å². The molecule has 1 nitrogen and oxygen atoms in total. The van der Waals surface area contributed by atoms with Gasteiger partial charge in [-0.3, -0.25) is 0 Å². The van der Waals surface area contributed by atoms with Crippen molar-refractivity contribution in [3.05, 3.63) is 41.1 Å². The molecular formula is C10H11ClO. The highest BCUT2D eigenvalue weighted by Gasteiger charge is 1.94. The summed E-state index contributed by atoms with van der Waals surface area (Å²) >= 11 is 5.74. The molecule has 0 aliphatic rings. The average molecular weight is 183 g/mol. The molecule has 0 saturated heterocycles. The molecule has 0 aliphatic carbocycles. The second-order valence-electron chi connectivity index (χ2n) is 2.54. The van der Waals surface area contributed by atoms with Crippen LogP contribution in [-0.2, 0) is 4.74 Å². The summed E-state index contributed by atoms with van der Waals surface area (Å²) in [4.78, 5) is 0. The summed E-state index contributed by atoms with van der Waals surface area (Å²) in [6.45, 7) is 1.99. The second-order valence-corrected chi connectivity index (χ2v) is 2.98. The van der Waals surface area contributed by atoms with Crippen LogP contribution >= 0.6 is 11.6 Å². The van der Waals surface area contributed by atoms with E-state index in [1.807, 2.05) is 31.2 Å². The van der Waals surface area contributed by atoms with Gasteiger partial charge in [0.1, 0.15) is 0 Å². The van der Waals surface area contributed by atoms with E-state index in [1.54, 1.807) is 13.4 Å². The van der Waals surface area contributed by atoms with Crippen molar-refractivity contribution in [1.29, 1.82) is 0 Å². The van der Waals surface area contributed by atoms with Crippen molar-refractivity contribution in [2.75, 3.05) is 7.11 Å². The second kappa shape index (κ2) is 4.17. The molecule has 1 aromatic rings. The zero-order chi connectivity index (χ0) is 8.97. The minimum atomic E-state index is 0.754. The minimum absolute atomic E-state index is 0.754. The standard InChI is InChI=1S/C10H11ClO/c1-8(7-12-2)9-3-5-10(11)6-4-9/h3-7H,1-2H3. The largest absolute Gasteiger partial charge is 0.504 e. The lowest BCUT2D eigenvalue weighted by atomic mass is 10.1. The number of ether oxygens (including phenoxy) is 1. The molecule has 1 rings (SSSR count). The molecule has 0 saturated carbocycles. The van der Waals surface area contributed by atoms with Gasteiger partial charge >= 0.3 is 0 Å². The van der Waals surface area contributed by atoms with Crippen molar-refractivity contribution in [3.63, 3.8) is 0 Å². The number of hydrogen-bond acceptors (Lipinski definition) is 1. The van der Waals surface area contributed by atoms with Gasteiger partial charge in [-0.25, -0.2) is 0 Å². The molecular weight excluding hydrogens is 172 g/mol. The SMILES string of the molecule is COC=C(C)c1ccc(Cl)cc1. The van der Waals surface area contributed by atoms with Crippen molar-refractivity contribution in [2.24, 2.45) is 0 Å². The maximum absolute atomic E-state index is 5.74. The summed E-state index contributed by atoms with van der Waals surface area (Å²) in [5.74, 6) is 0. The smallest absolute Gasteiger partial charge is 0.0859 e. The highest BCUT2D eigenvalue weighted by Crippen LogP contribution is 2.16. The van der Waals surface area contributed by atoms with Gasteiger partial charge in [0.15, 0.2) is 0 Å². The molecule has 1 aromatic carbocycles. The van der Waals surface area contributed by atoms with Crippen LogP contribution in [0.3, 0.4) is 0 Å². The van der Waals surface area contributed by atoms with Gasteiger partial charge in [0.05, 0.1) is 13.4 Å². The first-order chi connectivity index (χ1) is 5.74. The first-order valence-corrected chi connectivity index (χ1v) is 4.07. The summed E-state index contributed by atoms with van der Waals surface area (Å²) in [7, 11) is 1.64. The van der Waals surface area contributed by atoms with Gasteiger partial charge in [-0.2, -0.15) is 0 Å². The lowest BCUT2D eigenvalue weighted by Crippen LogP contribution is -1.79. The Bertz CT molecular complexity index is 274. The molecule has 0 spiro atoms. The van der Waals surface area contributed by atoms with E-state index in [2.05, 4.69) is 0 Å². The third kappa shape index (κ3) is 2.28. The topological polar surface area (TPSA) is 9.23 Å².